The van der Waals surface area contributed by atoms with E-state index < -0.39 is 5.82 Å². The maximum Gasteiger partial charge on any atom is 0.258 e. The molecule has 160 valence electrons. The Morgan fingerprint density at radius 2 is 1.87 bits per heavy atom. The summed E-state index contributed by atoms with van der Waals surface area (Å²) >= 11 is 0. The number of aromatic nitrogens is 2. The van der Waals surface area contributed by atoms with Gasteiger partial charge >= 0.3 is 0 Å². The molecule has 3 rings (SSSR count). The molecule has 2 heterocycles. The third kappa shape index (κ3) is 4.99. The molecule has 0 aliphatic rings. The third-order valence-corrected chi connectivity index (χ3v) is 5.06. The predicted molar refractivity (Wildman–Crippen MR) is 120 cm³/mol. The average molecular weight is 412 g/mol. The highest BCUT2D eigenvalue weighted by atomic mass is 19.1. The Balaban J connectivity index is 1.94. The maximum atomic E-state index is 14.2. The van der Waals surface area contributed by atoms with Gasteiger partial charge in [-0.3, -0.25) is 9.20 Å². The summed E-state index contributed by atoms with van der Waals surface area (Å²) in [5, 5.41) is 0. The molecule has 0 fully saturated rings. The fourth-order valence-corrected chi connectivity index (χ4v) is 3.55. The Labute approximate surface area is 177 Å². The number of pyridine rings is 1. The van der Waals surface area contributed by atoms with Crippen LogP contribution < -0.4 is 15.2 Å². The minimum Gasteiger partial charge on any atom is -0.491 e. The standard InChI is InChI=1S/C24H30FN3O2/c1-4-7-8-14-27(13-5-2)19-10-12-23-26-21(16-24(29)28(23)17-19)18-9-11-22(30-6-3)20(25)15-18/h9-12,15-17H,4-8,13-14H2,1-3H3. The van der Waals surface area contributed by atoms with E-state index in [9.17, 15) is 9.18 Å². The first-order valence-corrected chi connectivity index (χ1v) is 10.8. The number of rotatable bonds is 10. The van der Waals surface area contributed by atoms with Crippen LogP contribution in [-0.4, -0.2) is 29.1 Å². The van der Waals surface area contributed by atoms with Crippen molar-refractivity contribution in [2.75, 3.05) is 24.6 Å². The van der Waals surface area contributed by atoms with Crippen molar-refractivity contribution in [2.45, 2.75) is 46.5 Å². The molecule has 30 heavy (non-hydrogen) atoms. The Hall–Kier alpha value is -2.89. The van der Waals surface area contributed by atoms with E-state index in [1.807, 2.05) is 18.3 Å². The predicted octanol–water partition coefficient (Wildman–Crippen LogP) is 5.31. The van der Waals surface area contributed by atoms with E-state index in [0.717, 1.165) is 31.6 Å². The first kappa shape index (κ1) is 21.8. The normalized spacial score (nSPS) is 11.1. The lowest BCUT2D eigenvalue weighted by Crippen LogP contribution is -2.26. The van der Waals surface area contributed by atoms with Crippen LogP contribution in [0.1, 0.15) is 46.5 Å². The van der Waals surface area contributed by atoms with Crippen LogP contribution in [0.4, 0.5) is 10.1 Å². The van der Waals surface area contributed by atoms with Crippen molar-refractivity contribution >= 4 is 11.3 Å². The molecule has 0 aliphatic heterocycles. The topological polar surface area (TPSA) is 46.8 Å². The van der Waals surface area contributed by atoms with Crippen molar-refractivity contribution in [3.05, 3.63) is 58.8 Å². The minimum atomic E-state index is -0.464. The highest BCUT2D eigenvalue weighted by Crippen LogP contribution is 2.25. The van der Waals surface area contributed by atoms with Crippen LogP contribution >= 0.6 is 0 Å². The molecule has 5 nitrogen and oxygen atoms in total. The van der Waals surface area contributed by atoms with Crippen molar-refractivity contribution in [3.63, 3.8) is 0 Å². The van der Waals surface area contributed by atoms with Gasteiger partial charge in [0.2, 0.25) is 0 Å². The minimum absolute atomic E-state index is 0.184. The quantitative estimate of drug-likeness (QED) is 0.425. The summed E-state index contributed by atoms with van der Waals surface area (Å²) < 4.78 is 21.0. The van der Waals surface area contributed by atoms with Crippen molar-refractivity contribution in [1.82, 2.24) is 9.38 Å². The van der Waals surface area contributed by atoms with Crippen molar-refractivity contribution in [1.29, 1.82) is 0 Å². The van der Waals surface area contributed by atoms with Gasteiger partial charge in [-0.1, -0.05) is 26.7 Å². The summed E-state index contributed by atoms with van der Waals surface area (Å²) in [5.41, 5.74) is 2.37. The monoisotopic (exact) mass is 411 g/mol. The van der Waals surface area contributed by atoms with E-state index in [-0.39, 0.29) is 11.3 Å². The van der Waals surface area contributed by atoms with Gasteiger partial charge in [0.05, 0.1) is 18.0 Å². The lowest BCUT2D eigenvalue weighted by atomic mass is 10.1. The number of anilines is 1. The Bertz CT molecular complexity index is 1050. The van der Waals surface area contributed by atoms with Crippen LogP contribution in [0.5, 0.6) is 5.75 Å². The summed E-state index contributed by atoms with van der Waals surface area (Å²) in [7, 11) is 0. The molecule has 0 bridgehead atoms. The second kappa shape index (κ2) is 10.2. The second-order valence-corrected chi connectivity index (χ2v) is 7.37. The van der Waals surface area contributed by atoms with Crippen LogP contribution in [0.3, 0.4) is 0 Å². The highest BCUT2D eigenvalue weighted by Gasteiger charge is 2.11. The molecular weight excluding hydrogens is 381 g/mol. The first-order valence-electron chi connectivity index (χ1n) is 10.8. The number of nitrogens with zero attached hydrogens (tertiary/aromatic N) is 3. The molecule has 0 saturated carbocycles. The van der Waals surface area contributed by atoms with Crippen molar-refractivity contribution < 1.29 is 9.13 Å². The maximum absolute atomic E-state index is 14.2. The highest BCUT2D eigenvalue weighted by molar-refractivity contribution is 5.63. The summed E-state index contributed by atoms with van der Waals surface area (Å²) in [6, 6.07) is 9.96. The fourth-order valence-electron chi connectivity index (χ4n) is 3.55. The van der Waals surface area contributed by atoms with Crippen molar-refractivity contribution in [2.24, 2.45) is 0 Å². The molecule has 0 atom stereocenters. The van der Waals surface area contributed by atoms with E-state index in [0.29, 0.717) is 23.5 Å². The Morgan fingerprint density at radius 3 is 2.57 bits per heavy atom. The molecule has 2 aromatic heterocycles. The Kier molecular flexibility index (Phi) is 7.44. The van der Waals surface area contributed by atoms with E-state index in [2.05, 4.69) is 23.7 Å². The number of hydrogen-bond acceptors (Lipinski definition) is 4. The van der Waals surface area contributed by atoms with Gasteiger partial charge in [0, 0.05) is 30.9 Å². The Morgan fingerprint density at radius 1 is 1.03 bits per heavy atom. The van der Waals surface area contributed by atoms with E-state index in [1.165, 1.54) is 25.0 Å². The average Bonchev–Trinajstić information content (AvgIpc) is 2.74. The molecule has 1 aromatic carbocycles. The summed E-state index contributed by atoms with van der Waals surface area (Å²) in [5.74, 6) is -0.267. The summed E-state index contributed by atoms with van der Waals surface area (Å²) in [6.07, 6.45) is 6.39. The molecule has 0 unspecified atom stereocenters. The van der Waals surface area contributed by atoms with Gasteiger partial charge in [0.15, 0.2) is 11.6 Å². The zero-order valence-corrected chi connectivity index (χ0v) is 18.0. The molecule has 0 N–H and O–H groups in total. The number of hydrogen-bond donors (Lipinski definition) is 0. The molecule has 6 heteroatoms. The van der Waals surface area contributed by atoms with Gasteiger partial charge in [0.25, 0.3) is 5.56 Å². The molecule has 3 aromatic rings. The van der Waals surface area contributed by atoms with Gasteiger partial charge in [-0.25, -0.2) is 9.37 Å². The van der Waals surface area contributed by atoms with Crippen LogP contribution in [0.2, 0.25) is 0 Å². The van der Waals surface area contributed by atoms with Gasteiger partial charge in [-0.05, 0) is 50.1 Å². The number of benzene rings is 1. The third-order valence-electron chi connectivity index (χ3n) is 5.06. The van der Waals surface area contributed by atoms with E-state index in [4.69, 9.17) is 4.74 Å². The molecule has 0 aliphatic carbocycles. The van der Waals surface area contributed by atoms with Crippen LogP contribution in [0.25, 0.3) is 16.9 Å². The SMILES string of the molecule is CCCCCN(CCC)c1ccc2nc(-c3ccc(OCC)c(F)c3)cc(=O)n2c1. The number of halogens is 1. The molecule has 0 saturated heterocycles. The number of unbranched alkanes of at least 4 members (excludes halogenated alkanes) is 2. The van der Waals surface area contributed by atoms with Gasteiger partial charge in [-0.15, -0.1) is 0 Å². The smallest absolute Gasteiger partial charge is 0.258 e. The number of fused-ring (bicyclic) bond motifs is 1. The lowest BCUT2D eigenvalue weighted by Gasteiger charge is -2.24. The van der Waals surface area contributed by atoms with Crippen molar-refractivity contribution in [3.8, 4) is 17.0 Å². The summed E-state index contributed by atoms with van der Waals surface area (Å²) in [6.45, 7) is 8.46. The van der Waals surface area contributed by atoms with Crippen LogP contribution in [-0.2, 0) is 0 Å². The number of ether oxygens (including phenoxy) is 1. The van der Waals surface area contributed by atoms with Gasteiger partial charge < -0.3 is 9.64 Å². The zero-order valence-electron chi connectivity index (χ0n) is 18.0. The van der Waals surface area contributed by atoms with Crippen LogP contribution in [0, 0.1) is 5.82 Å². The summed E-state index contributed by atoms with van der Waals surface area (Å²) in [4.78, 5) is 19.7. The molecule has 0 spiro atoms. The zero-order chi connectivity index (χ0) is 21.5. The fraction of sp³-hybridized carbons (Fsp3) is 0.417. The first-order chi connectivity index (χ1) is 14.6. The lowest BCUT2D eigenvalue weighted by molar-refractivity contribution is 0.321. The second-order valence-electron chi connectivity index (χ2n) is 7.37. The van der Waals surface area contributed by atoms with Gasteiger partial charge in [0.1, 0.15) is 5.65 Å². The van der Waals surface area contributed by atoms with E-state index in [1.54, 1.807) is 23.5 Å². The molecular formula is C24H30FN3O2. The largest absolute Gasteiger partial charge is 0.491 e. The van der Waals surface area contributed by atoms with E-state index >= 15 is 0 Å². The van der Waals surface area contributed by atoms with Gasteiger partial charge in [-0.2, -0.15) is 0 Å². The molecule has 0 radical (unpaired) electrons. The van der Waals surface area contributed by atoms with Crippen LogP contribution in [0.15, 0.2) is 47.4 Å². The molecule has 0 amide bonds.